The largest absolute Gasteiger partial charge is 0.489 e. The van der Waals surface area contributed by atoms with Gasteiger partial charge in [0.05, 0.1) is 35.8 Å². The van der Waals surface area contributed by atoms with Gasteiger partial charge in [-0.3, -0.25) is 9.59 Å². The van der Waals surface area contributed by atoms with Crippen molar-refractivity contribution in [2.75, 3.05) is 49.8 Å². The lowest BCUT2D eigenvalue weighted by atomic mass is 10.1. The van der Waals surface area contributed by atoms with Crippen molar-refractivity contribution in [3.63, 3.8) is 0 Å². The van der Waals surface area contributed by atoms with Crippen molar-refractivity contribution in [1.82, 2.24) is 15.3 Å². The standard InChI is InChI=1S/C25H22ClF2N5O4/c1-32-20-11-15(33-6-8-36-9-7-33)3-5-21(20)37-13-19(25(32)35)30-24(34)23-29-12-17(26)22(31-23)16-4-2-14(27)10-18(16)28/h2-5,10-12,19H,6-9,13H2,1H3,(H,30,34). The molecule has 1 saturated heterocycles. The number of hydrogen-bond acceptors (Lipinski definition) is 7. The molecule has 3 heterocycles. The lowest BCUT2D eigenvalue weighted by Crippen LogP contribution is -2.49. The van der Waals surface area contributed by atoms with Crippen LogP contribution in [-0.4, -0.2) is 67.8 Å². The van der Waals surface area contributed by atoms with E-state index in [0.717, 1.165) is 31.0 Å². The molecule has 2 amide bonds. The van der Waals surface area contributed by atoms with Crippen LogP contribution in [0.5, 0.6) is 5.75 Å². The van der Waals surface area contributed by atoms with Crippen LogP contribution in [0.1, 0.15) is 10.6 Å². The van der Waals surface area contributed by atoms with Crippen molar-refractivity contribution in [1.29, 1.82) is 0 Å². The van der Waals surface area contributed by atoms with Gasteiger partial charge in [0.15, 0.2) is 0 Å². The molecule has 0 radical (unpaired) electrons. The van der Waals surface area contributed by atoms with Gasteiger partial charge >= 0.3 is 0 Å². The van der Waals surface area contributed by atoms with Gasteiger partial charge in [0.2, 0.25) is 5.82 Å². The first-order valence-electron chi connectivity index (χ1n) is 11.5. The highest BCUT2D eigenvalue weighted by molar-refractivity contribution is 6.33. The van der Waals surface area contributed by atoms with E-state index in [9.17, 15) is 18.4 Å². The van der Waals surface area contributed by atoms with E-state index < -0.39 is 29.5 Å². The Kier molecular flexibility index (Phi) is 6.90. The summed E-state index contributed by atoms with van der Waals surface area (Å²) in [5.41, 5.74) is 1.33. The molecule has 12 heteroatoms. The summed E-state index contributed by atoms with van der Waals surface area (Å²) >= 11 is 6.12. The molecule has 5 rings (SSSR count). The maximum Gasteiger partial charge on any atom is 0.289 e. The number of carbonyl (C=O) groups excluding carboxylic acids is 2. The number of morpholine rings is 1. The number of amides is 2. The molecule has 1 N–H and O–H groups in total. The molecule has 192 valence electrons. The molecule has 0 spiro atoms. The van der Waals surface area contributed by atoms with Crippen molar-refractivity contribution in [2.24, 2.45) is 0 Å². The minimum atomic E-state index is -1.04. The van der Waals surface area contributed by atoms with Crippen LogP contribution in [0, 0.1) is 11.6 Å². The van der Waals surface area contributed by atoms with Crippen LogP contribution in [-0.2, 0) is 9.53 Å². The Morgan fingerprint density at radius 1 is 1.16 bits per heavy atom. The molecule has 1 aromatic heterocycles. The number of ether oxygens (including phenoxy) is 2. The summed E-state index contributed by atoms with van der Waals surface area (Å²) in [6, 6.07) is 7.44. The fourth-order valence-corrected chi connectivity index (χ4v) is 4.37. The number of benzene rings is 2. The van der Waals surface area contributed by atoms with Crippen LogP contribution in [0.2, 0.25) is 5.02 Å². The minimum Gasteiger partial charge on any atom is -0.489 e. The number of nitrogens with one attached hydrogen (secondary N) is 1. The average molecular weight is 530 g/mol. The predicted molar refractivity (Wildman–Crippen MR) is 132 cm³/mol. The predicted octanol–water partition coefficient (Wildman–Crippen LogP) is 3.07. The number of rotatable bonds is 4. The van der Waals surface area contributed by atoms with Crippen LogP contribution >= 0.6 is 11.6 Å². The molecule has 0 aliphatic carbocycles. The van der Waals surface area contributed by atoms with Crippen LogP contribution in [0.15, 0.2) is 42.6 Å². The number of anilines is 2. The van der Waals surface area contributed by atoms with Crippen molar-refractivity contribution in [3.8, 4) is 17.0 Å². The van der Waals surface area contributed by atoms with Gasteiger partial charge in [-0.2, -0.15) is 0 Å². The van der Waals surface area contributed by atoms with E-state index in [1.807, 2.05) is 12.1 Å². The van der Waals surface area contributed by atoms with Crippen molar-refractivity contribution >= 4 is 34.8 Å². The summed E-state index contributed by atoms with van der Waals surface area (Å²) in [6.45, 7) is 2.60. The van der Waals surface area contributed by atoms with Gasteiger partial charge in [0.25, 0.3) is 11.8 Å². The molecular weight excluding hydrogens is 508 g/mol. The maximum absolute atomic E-state index is 14.3. The molecule has 1 unspecified atom stereocenters. The van der Waals surface area contributed by atoms with E-state index in [-0.39, 0.29) is 28.7 Å². The maximum atomic E-state index is 14.3. The highest BCUT2D eigenvalue weighted by atomic mass is 35.5. The zero-order valence-electron chi connectivity index (χ0n) is 19.7. The Labute approximate surface area is 216 Å². The number of nitrogens with zero attached hydrogens (tertiary/aromatic N) is 4. The van der Waals surface area contributed by atoms with Gasteiger partial charge in [0, 0.05) is 37.5 Å². The highest BCUT2D eigenvalue weighted by Crippen LogP contribution is 2.35. The minimum absolute atomic E-state index is 0.0258. The smallest absolute Gasteiger partial charge is 0.289 e. The second-order valence-electron chi connectivity index (χ2n) is 8.50. The molecule has 0 bridgehead atoms. The quantitative estimate of drug-likeness (QED) is 0.555. The molecule has 1 fully saturated rings. The van der Waals surface area contributed by atoms with Gasteiger partial charge in [-0.15, -0.1) is 0 Å². The average Bonchev–Trinajstić information content (AvgIpc) is 3.01. The summed E-state index contributed by atoms with van der Waals surface area (Å²) in [5, 5.41) is 2.56. The Hall–Kier alpha value is -3.83. The van der Waals surface area contributed by atoms with Crippen molar-refractivity contribution < 1.29 is 27.8 Å². The monoisotopic (exact) mass is 529 g/mol. The molecule has 2 aliphatic heterocycles. The second-order valence-corrected chi connectivity index (χ2v) is 8.91. The van der Waals surface area contributed by atoms with E-state index in [2.05, 4.69) is 20.2 Å². The third-order valence-corrected chi connectivity index (χ3v) is 6.43. The topological polar surface area (TPSA) is 96.9 Å². The molecule has 9 nitrogen and oxygen atoms in total. The van der Waals surface area contributed by atoms with E-state index >= 15 is 0 Å². The lowest BCUT2D eigenvalue weighted by Gasteiger charge is -2.30. The third-order valence-electron chi connectivity index (χ3n) is 6.15. The molecule has 2 aliphatic rings. The number of halogens is 3. The number of fused-ring (bicyclic) bond motifs is 1. The Morgan fingerprint density at radius 3 is 2.70 bits per heavy atom. The third kappa shape index (κ3) is 5.05. The zero-order valence-corrected chi connectivity index (χ0v) is 20.5. The number of carbonyl (C=O) groups is 2. The fourth-order valence-electron chi connectivity index (χ4n) is 4.18. The first-order chi connectivity index (χ1) is 17.8. The normalized spacial score (nSPS) is 17.6. The fraction of sp³-hybridized carbons (Fsp3) is 0.280. The summed E-state index contributed by atoms with van der Waals surface area (Å²) in [6.07, 6.45) is 1.14. The number of aromatic nitrogens is 2. The first-order valence-corrected chi connectivity index (χ1v) is 11.9. The Bertz CT molecular complexity index is 1370. The van der Waals surface area contributed by atoms with Crippen LogP contribution < -0.4 is 19.9 Å². The molecule has 1 atom stereocenters. The zero-order chi connectivity index (χ0) is 26.1. The van der Waals surface area contributed by atoms with E-state index in [1.54, 1.807) is 13.1 Å². The summed E-state index contributed by atoms with van der Waals surface area (Å²) in [4.78, 5) is 37.8. The Balaban J connectivity index is 1.35. The van der Waals surface area contributed by atoms with Gasteiger partial charge in [0.1, 0.15) is 30.0 Å². The molecule has 0 saturated carbocycles. The molecular formula is C25H22ClF2N5O4. The molecule has 3 aromatic rings. The van der Waals surface area contributed by atoms with E-state index in [4.69, 9.17) is 21.1 Å². The SMILES string of the molecule is CN1C(=O)C(NC(=O)c2ncc(Cl)c(-c3ccc(F)cc3F)n2)COc2ccc(N3CCOCC3)cc21. The highest BCUT2D eigenvalue weighted by Gasteiger charge is 2.32. The van der Waals surface area contributed by atoms with Gasteiger partial charge < -0.3 is 24.6 Å². The summed E-state index contributed by atoms with van der Waals surface area (Å²) in [7, 11) is 1.60. The van der Waals surface area contributed by atoms with E-state index in [1.165, 1.54) is 11.0 Å². The molecule has 2 aromatic carbocycles. The van der Waals surface area contributed by atoms with Crippen LogP contribution in [0.4, 0.5) is 20.2 Å². The van der Waals surface area contributed by atoms with Crippen molar-refractivity contribution in [3.05, 3.63) is 65.1 Å². The first kappa shape index (κ1) is 24.8. The van der Waals surface area contributed by atoms with Gasteiger partial charge in [-0.05, 0) is 30.3 Å². The van der Waals surface area contributed by atoms with E-state index in [0.29, 0.717) is 30.7 Å². The van der Waals surface area contributed by atoms with Crippen molar-refractivity contribution in [2.45, 2.75) is 6.04 Å². The van der Waals surface area contributed by atoms with Gasteiger partial charge in [-0.1, -0.05) is 11.6 Å². The summed E-state index contributed by atoms with van der Waals surface area (Å²) in [5.74, 6) is -2.68. The van der Waals surface area contributed by atoms with Crippen LogP contribution in [0.25, 0.3) is 11.3 Å². The number of likely N-dealkylation sites (N-methyl/N-ethyl adjacent to an activating group) is 1. The molecule has 37 heavy (non-hydrogen) atoms. The van der Waals surface area contributed by atoms with Gasteiger partial charge in [-0.25, -0.2) is 18.7 Å². The summed E-state index contributed by atoms with van der Waals surface area (Å²) < 4.78 is 38.9. The lowest BCUT2D eigenvalue weighted by molar-refractivity contribution is -0.120. The second kappa shape index (κ2) is 10.3. The number of hydrogen-bond donors (Lipinski definition) is 1. The Morgan fingerprint density at radius 2 is 1.95 bits per heavy atom. The van der Waals surface area contributed by atoms with Crippen LogP contribution in [0.3, 0.4) is 0 Å².